The number of rotatable bonds is 5. The molecule has 96 valence electrons. The SMILES string of the molecule is COc1c(C)cc(C(=O)C(=O)CC(=O)O)cc1C. The monoisotopic (exact) mass is 250 g/mol. The quantitative estimate of drug-likeness (QED) is 0.487. The highest BCUT2D eigenvalue weighted by Crippen LogP contribution is 2.24. The van der Waals surface area contributed by atoms with Crippen LogP contribution in [-0.4, -0.2) is 29.8 Å². The fourth-order valence-corrected chi connectivity index (χ4v) is 1.78. The first-order valence-corrected chi connectivity index (χ1v) is 5.31. The van der Waals surface area contributed by atoms with Gasteiger partial charge < -0.3 is 9.84 Å². The number of aliphatic carboxylic acids is 1. The Balaban J connectivity index is 3.08. The van der Waals surface area contributed by atoms with E-state index >= 15 is 0 Å². The maximum atomic E-state index is 11.7. The van der Waals surface area contributed by atoms with E-state index in [0.29, 0.717) is 5.75 Å². The summed E-state index contributed by atoms with van der Waals surface area (Å²) in [5, 5.41) is 8.48. The number of carbonyl (C=O) groups excluding carboxylic acids is 2. The van der Waals surface area contributed by atoms with Crippen LogP contribution in [0.2, 0.25) is 0 Å². The molecule has 0 atom stereocenters. The molecular formula is C13H14O5. The number of hydrogen-bond acceptors (Lipinski definition) is 4. The molecule has 1 aromatic rings. The molecule has 0 unspecified atom stereocenters. The lowest BCUT2D eigenvalue weighted by Gasteiger charge is -2.10. The smallest absolute Gasteiger partial charge is 0.311 e. The Bertz CT molecular complexity index is 493. The second-order valence-corrected chi connectivity index (χ2v) is 3.97. The lowest BCUT2D eigenvalue weighted by molar-refractivity contribution is -0.139. The van der Waals surface area contributed by atoms with Gasteiger partial charge in [-0.2, -0.15) is 0 Å². The van der Waals surface area contributed by atoms with Gasteiger partial charge in [0.05, 0.1) is 7.11 Å². The molecule has 5 nitrogen and oxygen atoms in total. The van der Waals surface area contributed by atoms with Gasteiger partial charge >= 0.3 is 5.97 Å². The normalized spacial score (nSPS) is 9.94. The van der Waals surface area contributed by atoms with Gasteiger partial charge in [0.1, 0.15) is 12.2 Å². The van der Waals surface area contributed by atoms with Crippen molar-refractivity contribution in [3.63, 3.8) is 0 Å². The second-order valence-electron chi connectivity index (χ2n) is 3.97. The number of ketones is 2. The Morgan fingerprint density at radius 3 is 2.06 bits per heavy atom. The third-order valence-corrected chi connectivity index (χ3v) is 2.49. The van der Waals surface area contributed by atoms with Crippen LogP contribution in [0.3, 0.4) is 0 Å². The molecule has 1 aromatic carbocycles. The summed E-state index contributed by atoms with van der Waals surface area (Å²) in [6.45, 7) is 3.51. The van der Waals surface area contributed by atoms with E-state index in [-0.39, 0.29) is 5.56 Å². The van der Waals surface area contributed by atoms with Crippen molar-refractivity contribution in [1.29, 1.82) is 0 Å². The molecule has 0 amide bonds. The Labute approximate surface area is 104 Å². The van der Waals surface area contributed by atoms with E-state index in [2.05, 4.69) is 0 Å². The van der Waals surface area contributed by atoms with Crippen molar-refractivity contribution in [2.45, 2.75) is 20.3 Å². The molecule has 0 heterocycles. The summed E-state index contributed by atoms with van der Waals surface area (Å²) < 4.78 is 5.15. The van der Waals surface area contributed by atoms with E-state index in [4.69, 9.17) is 9.84 Å². The third kappa shape index (κ3) is 2.94. The second kappa shape index (κ2) is 5.44. The van der Waals surface area contributed by atoms with Gasteiger partial charge in [-0.25, -0.2) is 0 Å². The van der Waals surface area contributed by atoms with Crippen molar-refractivity contribution in [2.75, 3.05) is 7.11 Å². The van der Waals surface area contributed by atoms with Crippen molar-refractivity contribution >= 4 is 17.5 Å². The molecule has 5 heteroatoms. The molecule has 0 saturated heterocycles. The fraction of sp³-hybridized carbons (Fsp3) is 0.308. The lowest BCUT2D eigenvalue weighted by Crippen LogP contribution is -2.18. The molecule has 1 rings (SSSR count). The van der Waals surface area contributed by atoms with Crippen LogP contribution in [0.4, 0.5) is 0 Å². The van der Waals surface area contributed by atoms with Gasteiger partial charge in [-0.1, -0.05) is 0 Å². The first kappa shape index (κ1) is 13.9. The number of hydrogen-bond donors (Lipinski definition) is 1. The van der Waals surface area contributed by atoms with E-state index in [1.54, 1.807) is 13.8 Å². The number of ether oxygens (including phenoxy) is 1. The predicted octanol–water partition coefficient (Wildman–Crippen LogP) is 1.54. The highest BCUT2D eigenvalue weighted by atomic mass is 16.5. The number of carboxylic acid groups (broad SMARTS) is 1. The van der Waals surface area contributed by atoms with Crippen LogP contribution in [-0.2, 0) is 9.59 Å². The number of benzene rings is 1. The first-order valence-electron chi connectivity index (χ1n) is 5.31. The van der Waals surface area contributed by atoms with Crippen molar-refractivity contribution in [2.24, 2.45) is 0 Å². The number of methoxy groups -OCH3 is 1. The summed E-state index contributed by atoms with van der Waals surface area (Å²) in [6.07, 6.45) is -0.789. The molecule has 18 heavy (non-hydrogen) atoms. The molecule has 0 fully saturated rings. The van der Waals surface area contributed by atoms with Crippen LogP contribution in [0.25, 0.3) is 0 Å². The zero-order chi connectivity index (χ0) is 13.9. The number of carbonyl (C=O) groups is 3. The lowest BCUT2D eigenvalue weighted by atomic mass is 10.00. The van der Waals surface area contributed by atoms with E-state index in [1.165, 1.54) is 19.2 Å². The van der Waals surface area contributed by atoms with E-state index in [1.807, 2.05) is 0 Å². The van der Waals surface area contributed by atoms with Gasteiger partial charge in [0.15, 0.2) is 0 Å². The Morgan fingerprint density at radius 1 is 1.17 bits per heavy atom. The van der Waals surface area contributed by atoms with Crippen molar-refractivity contribution < 1.29 is 24.2 Å². The van der Waals surface area contributed by atoms with Crippen LogP contribution >= 0.6 is 0 Å². The molecule has 0 aliphatic carbocycles. The Kier molecular flexibility index (Phi) is 4.20. The topological polar surface area (TPSA) is 80.7 Å². The zero-order valence-electron chi connectivity index (χ0n) is 10.4. The van der Waals surface area contributed by atoms with Gasteiger partial charge in [0.2, 0.25) is 11.6 Å². The maximum Gasteiger partial charge on any atom is 0.311 e. The average Bonchev–Trinajstić information content (AvgIpc) is 2.26. The molecular weight excluding hydrogens is 236 g/mol. The van der Waals surface area contributed by atoms with Crippen LogP contribution in [0.5, 0.6) is 5.75 Å². The summed E-state index contributed by atoms with van der Waals surface area (Å²) in [6, 6.07) is 3.04. The van der Waals surface area contributed by atoms with Crippen molar-refractivity contribution in [3.05, 3.63) is 28.8 Å². The van der Waals surface area contributed by atoms with E-state index < -0.39 is 24.0 Å². The minimum atomic E-state index is -1.31. The minimum Gasteiger partial charge on any atom is -0.496 e. The van der Waals surface area contributed by atoms with Gasteiger partial charge in [-0.15, -0.1) is 0 Å². The first-order chi connectivity index (χ1) is 8.36. The summed E-state index contributed by atoms with van der Waals surface area (Å²) in [4.78, 5) is 33.5. The van der Waals surface area contributed by atoms with E-state index in [9.17, 15) is 14.4 Å². The molecule has 0 saturated carbocycles. The fourth-order valence-electron chi connectivity index (χ4n) is 1.78. The van der Waals surface area contributed by atoms with Crippen molar-refractivity contribution in [1.82, 2.24) is 0 Å². The Morgan fingerprint density at radius 2 is 1.67 bits per heavy atom. The average molecular weight is 250 g/mol. The van der Waals surface area contributed by atoms with Gasteiger partial charge in [-0.05, 0) is 37.1 Å². The summed E-state index contributed by atoms with van der Waals surface area (Å²) in [5.74, 6) is -2.37. The molecule has 0 aliphatic heterocycles. The minimum absolute atomic E-state index is 0.192. The predicted molar refractivity (Wildman–Crippen MR) is 64.1 cm³/mol. The maximum absolute atomic E-state index is 11.7. The van der Waals surface area contributed by atoms with Gasteiger partial charge in [0, 0.05) is 5.56 Å². The molecule has 1 N–H and O–H groups in total. The third-order valence-electron chi connectivity index (χ3n) is 2.49. The van der Waals surface area contributed by atoms with Crippen LogP contribution < -0.4 is 4.74 Å². The molecule has 0 radical (unpaired) electrons. The molecule has 0 spiro atoms. The van der Waals surface area contributed by atoms with E-state index in [0.717, 1.165) is 11.1 Å². The highest BCUT2D eigenvalue weighted by Gasteiger charge is 2.20. The summed E-state index contributed by atoms with van der Waals surface area (Å²) in [7, 11) is 1.52. The highest BCUT2D eigenvalue weighted by molar-refractivity contribution is 6.45. The number of Topliss-reactive ketones (excluding diaryl/α,β-unsaturated/α-hetero) is 2. The largest absolute Gasteiger partial charge is 0.496 e. The molecule has 0 aromatic heterocycles. The summed E-state index contributed by atoms with van der Waals surface area (Å²) >= 11 is 0. The number of carboxylic acids is 1. The zero-order valence-corrected chi connectivity index (χ0v) is 10.4. The van der Waals surface area contributed by atoms with Gasteiger partial charge in [0.25, 0.3) is 0 Å². The van der Waals surface area contributed by atoms with Gasteiger partial charge in [-0.3, -0.25) is 14.4 Å². The van der Waals surface area contributed by atoms with Crippen molar-refractivity contribution in [3.8, 4) is 5.75 Å². The van der Waals surface area contributed by atoms with Crippen LogP contribution in [0, 0.1) is 13.8 Å². The van der Waals surface area contributed by atoms with Crippen LogP contribution in [0.15, 0.2) is 12.1 Å². The molecule has 0 bridgehead atoms. The molecule has 0 aliphatic rings. The number of aryl methyl sites for hydroxylation is 2. The van der Waals surface area contributed by atoms with Crippen LogP contribution in [0.1, 0.15) is 27.9 Å². The summed E-state index contributed by atoms with van der Waals surface area (Å²) in [5.41, 5.74) is 1.64. The Hall–Kier alpha value is -2.17. The standard InChI is InChI=1S/C13H14O5/c1-7-4-9(5-8(2)13(7)18-3)12(17)10(14)6-11(15)16/h4-5H,6H2,1-3H3,(H,15,16).